The van der Waals surface area contributed by atoms with Crippen molar-refractivity contribution in [2.45, 2.75) is 19.9 Å². The molecule has 3 nitrogen and oxygen atoms in total. The minimum atomic E-state index is 0.536. The Morgan fingerprint density at radius 3 is 2.71 bits per heavy atom. The molecule has 0 aliphatic carbocycles. The van der Waals surface area contributed by atoms with Crippen LogP contribution in [0.4, 0.5) is 0 Å². The first-order valence-electron chi connectivity index (χ1n) is 5.80. The molecule has 1 aromatic carbocycles. The molecule has 0 unspecified atom stereocenters. The van der Waals surface area contributed by atoms with Crippen LogP contribution in [0.25, 0.3) is 0 Å². The van der Waals surface area contributed by atoms with Crippen LogP contribution in [0.5, 0.6) is 5.75 Å². The number of methoxy groups -OCH3 is 1. The number of para-hydroxylation sites is 1. The predicted octanol–water partition coefficient (Wildman–Crippen LogP) is 2.19. The van der Waals surface area contributed by atoms with Gasteiger partial charge in [-0.15, -0.1) is 0 Å². The molecule has 1 rings (SSSR count). The number of hydrogen-bond donors (Lipinski definition) is 1. The number of ether oxygens (including phenoxy) is 1. The average molecular weight is 252 g/mol. The molecule has 0 aliphatic rings. The summed E-state index contributed by atoms with van der Waals surface area (Å²) in [6.07, 6.45) is 1.08. The Morgan fingerprint density at radius 2 is 2.12 bits per heavy atom. The van der Waals surface area contributed by atoms with E-state index in [1.165, 1.54) is 5.56 Å². The van der Waals surface area contributed by atoms with Crippen LogP contribution < -0.4 is 10.5 Å². The summed E-state index contributed by atoms with van der Waals surface area (Å²) in [5.41, 5.74) is 6.77. The zero-order valence-corrected chi connectivity index (χ0v) is 11.3. The standard InChI is InChI=1S/C13H20N2OS/c1-3-8-15(10-13(14)17)9-11-6-4-5-7-12(11)16-2/h4-7H,3,8-10H2,1-2H3,(H2,14,17). The Labute approximate surface area is 109 Å². The van der Waals surface area contributed by atoms with Gasteiger partial charge in [-0.05, 0) is 19.0 Å². The number of benzene rings is 1. The molecule has 0 saturated carbocycles. The molecule has 1 aromatic rings. The third-order valence-corrected chi connectivity index (χ3v) is 2.63. The van der Waals surface area contributed by atoms with Gasteiger partial charge in [0.1, 0.15) is 5.75 Å². The van der Waals surface area contributed by atoms with E-state index in [4.69, 9.17) is 22.7 Å². The van der Waals surface area contributed by atoms with Crippen molar-refractivity contribution in [2.75, 3.05) is 20.2 Å². The van der Waals surface area contributed by atoms with Gasteiger partial charge in [0.25, 0.3) is 0 Å². The molecule has 94 valence electrons. The molecular formula is C13H20N2OS. The summed E-state index contributed by atoms with van der Waals surface area (Å²) in [5.74, 6) is 0.913. The largest absolute Gasteiger partial charge is 0.496 e. The second-order valence-electron chi connectivity index (χ2n) is 3.99. The lowest BCUT2D eigenvalue weighted by Gasteiger charge is -2.22. The molecule has 17 heavy (non-hydrogen) atoms. The molecular weight excluding hydrogens is 232 g/mol. The molecule has 0 spiro atoms. The number of thiocarbonyl (C=S) groups is 1. The van der Waals surface area contributed by atoms with Crippen LogP contribution in [-0.2, 0) is 6.54 Å². The van der Waals surface area contributed by atoms with Crippen molar-refractivity contribution >= 4 is 17.2 Å². The van der Waals surface area contributed by atoms with Crippen LogP contribution in [0.15, 0.2) is 24.3 Å². The van der Waals surface area contributed by atoms with Crippen LogP contribution >= 0.6 is 12.2 Å². The van der Waals surface area contributed by atoms with Crippen molar-refractivity contribution in [1.29, 1.82) is 0 Å². The third-order valence-electron chi connectivity index (χ3n) is 2.51. The monoisotopic (exact) mass is 252 g/mol. The Morgan fingerprint density at radius 1 is 1.41 bits per heavy atom. The Hall–Kier alpha value is -1.13. The fraction of sp³-hybridized carbons (Fsp3) is 0.462. The molecule has 2 N–H and O–H groups in total. The fourth-order valence-electron chi connectivity index (χ4n) is 1.83. The molecule has 0 fully saturated rings. The van der Waals surface area contributed by atoms with E-state index in [0.29, 0.717) is 11.5 Å². The lowest BCUT2D eigenvalue weighted by Crippen LogP contribution is -2.33. The minimum Gasteiger partial charge on any atom is -0.496 e. The van der Waals surface area contributed by atoms with Crippen molar-refractivity contribution < 1.29 is 4.74 Å². The van der Waals surface area contributed by atoms with Crippen molar-refractivity contribution in [3.05, 3.63) is 29.8 Å². The van der Waals surface area contributed by atoms with Crippen LogP contribution in [0, 0.1) is 0 Å². The highest BCUT2D eigenvalue weighted by Crippen LogP contribution is 2.19. The van der Waals surface area contributed by atoms with Gasteiger partial charge >= 0.3 is 0 Å². The van der Waals surface area contributed by atoms with Gasteiger partial charge in [-0.2, -0.15) is 0 Å². The second-order valence-corrected chi connectivity index (χ2v) is 4.51. The smallest absolute Gasteiger partial charge is 0.123 e. The molecule has 0 aliphatic heterocycles. The summed E-state index contributed by atoms with van der Waals surface area (Å²) < 4.78 is 5.34. The second kappa shape index (κ2) is 7.25. The number of nitrogens with zero attached hydrogens (tertiary/aromatic N) is 1. The SMILES string of the molecule is CCCN(CC(N)=S)Cc1ccccc1OC. The van der Waals surface area contributed by atoms with Crippen molar-refractivity contribution in [3.63, 3.8) is 0 Å². The van der Waals surface area contributed by atoms with Crippen LogP contribution in [-0.4, -0.2) is 30.1 Å². The first-order chi connectivity index (χ1) is 8.17. The molecule has 0 amide bonds. The highest BCUT2D eigenvalue weighted by atomic mass is 32.1. The Balaban J connectivity index is 2.74. The molecule has 0 radical (unpaired) electrons. The maximum atomic E-state index is 5.61. The zero-order valence-electron chi connectivity index (χ0n) is 10.5. The van der Waals surface area contributed by atoms with E-state index in [-0.39, 0.29) is 0 Å². The zero-order chi connectivity index (χ0) is 12.7. The lowest BCUT2D eigenvalue weighted by atomic mass is 10.2. The number of hydrogen-bond acceptors (Lipinski definition) is 3. The molecule has 0 aromatic heterocycles. The number of nitrogens with two attached hydrogens (primary N) is 1. The van der Waals surface area contributed by atoms with Crippen LogP contribution in [0.3, 0.4) is 0 Å². The maximum absolute atomic E-state index is 5.61. The van der Waals surface area contributed by atoms with E-state index >= 15 is 0 Å². The van der Waals surface area contributed by atoms with E-state index in [1.54, 1.807) is 7.11 Å². The molecule has 4 heteroatoms. The van der Waals surface area contributed by atoms with Crippen LogP contribution in [0.2, 0.25) is 0 Å². The maximum Gasteiger partial charge on any atom is 0.123 e. The first kappa shape index (κ1) is 13.9. The van der Waals surface area contributed by atoms with E-state index < -0.39 is 0 Å². The summed E-state index contributed by atoms with van der Waals surface area (Å²) in [7, 11) is 1.69. The highest BCUT2D eigenvalue weighted by Gasteiger charge is 2.09. The normalized spacial score (nSPS) is 10.5. The topological polar surface area (TPSA) is 38.5 Å². The summed E-state index contributed by atoms with van der Waals surface area (Å²) >= 11 is 4.97. The van der Waals surface area contributed by atoms with Crippen molar-refractivity contribution in [3.8, 4) is 5.75 Å². The van der Waals surface area contributed by atoms with Gasteiger partial charge in [0.05, 0.1) is 12.1 Å². The summed E-state index contributed by atoms with van der Waals surface area (Å²) in [5, 5.41) is 0. The Bertz CT molecular complexity index is 368. The first-order valence-corrected chi connectivity index (χ1v) is 6.20. The van der Waals surface area contributed by atoms with E-state index in [1.807, 2.05) is 18.2 Å². The average Bonchev–Trinajstić information content (AvgIpc) is 2.29. The van der Waals surface area contributed by atoms with Gasteiger partial charge in [-0.3, -0.25) is 4.90 Å². The van der Waals surface area contributed by atoms with Crippen molar-refractivity contribution in [1.82, 2.24) is 4.90 Å². The Kier molecular flexibility index (Phi) is 5.94. The fourth-order valence-corrected chi connectivity index (χ4v) is 2.01. The summed E-state index contributed by atoms with van der Waals surface area (Å²) in [4.78, 5) is 2.77. The summed E-state index contributed by atoms with van der Waals surface area (Å²) in [6, 6.07) is 8.03. The minimum absolute atomic E-state index is 0.536. The van der Waals surface area contributed by atoms with Gasteiger partial charge in [-0.1, -0.05) is 37.3 Å². The van der Waals surface area contributed by atoms with Gasteiger partial charge in [-0.25, -0.2) is 0 Å². The van der Waals surface area contributed by atoms with Gasteiger partial charge in [0.2, 0.25) is 0 Å². The van der Waals surface area contributed by atoms with Crippen LogP contribution in [0.1, 0.15) is 18.9 Å². The third kappa shape index (κ3) is 4.71. The lowest BCUT2D eigenvalue weighted by molar-refractivity contribution is 0.297. The molecule has 0 saturated heterocycles. The molecule has 0 atom stereocenters. The predicted molar refractivity (Wildman–Crippen MR) is 75.3 cm³/mol. The van der Waals surface area contributed by atoms with Gasteiger partial charge in [0, 0.05) is 18.7 Å². The molecule has 0 bridgehead atoms. The quantitative estimate of drug-likeness (QED) is 0.755. The van der Waals surface area contributed by atoms with E-state index in [2.05, 4.69) is 17.9 Å². The van der Waals surface area contributed by atoms with E-state index in [9.17, 15) is 0 Å². The van der Waals surface area contributed by atoms with Crippen molar-refractivity contribution in [2.24, 2.45) is 5.73 Å². The highest BCUT2D eigenvalue weighted by molar-refractivity contribution is 7.80. The van der Waals surface area contributed by atoms with Gasteiger partial charge < -0.3 is 10.5 Å². The van der Waals surface area contributed by atoms with E-state index in [0.717, 1.165) is 25.3 Å². The number of rotatable bonds is 7. The van der Waals surface area contributed by atoms with Gasteiger partial charge in [0.15, 0.2) is 0 Å². The summed E-state index contributed by atoms with van der Waals surface area (Å²) in [6.45, 7) is 4.60. The molecule has 0 heterocycles.